The molecule has 0 radical (unpaired) electrons. The predicted molar refractivity (Wildman–Crippen MR) is 85.9 cm³/mol. The van der Waals surface area contributed by atoms with Crippen LogP contribution in [0.2, 0.25) is 5.02 Å². The van der Waals surface area contributed by atoms with E-state index in [1.807, 2.05) is 59.0 Å². The lowest BCUT2D eigenvalue weighted by Crippen LogP contribution is -2.19. The topological polar surface area (TPSA) is 39.1 Å². The average Bonchev–Trinajstić information content (AvgIpc) is 3.08. The molecule has 1 fully saturated rings. The van der Waals surface area contributed by atoms with Crippen LogP contribution in [0.3, 0.4) is 0 Å². The van der Waals surface area contributed by atoms with Crippen molar-refractivity contribution in [3.8, 4) is 6.07 Å². The summed E-state index contributed by atoms with van der Waals surface area (Å²) in [5.74, 6) is 2.01. The number of hydrogen-bond donors (Lipinski definition) is 1. The molecule has 1 aromatic rings. The maximum atomic E-state index is 8.85. The zero-order valence-electron chi connectivity index (χ0n) is 10.5. The van der Waals surface area contributed by atoms with E-state index in [1.165, 1.54) is 9.80 Å². The molecule has 3 nitrogen and oxygen atoms in total. The molecule has 0 amide bonds. The maximum absolute atomic E-state index is 8.85. The third-order valence-corrected chi connectivity index (χ3v) is 6.33. The third kappa shape index (κ3) is 2.64. The zero-order valence-corrected chi connectivity index (χ0v) is 12.9. The van der Waals surface area contributed by atoms with Crippen LogP contribution in [0.25, 0.3) is 0 Å². The second-order valence-electron chi connectivity index (χ2n) is 4.32. The summed E-state index contributed by atoms with van der Waals surface area (Å²) < 4.78 is 1.22. The van der Waals surface area contributed by atoms with Gasteiger partial charge >= 0.3 is 0 Å². The number of halogens is 1. The van der Waals surface area contributed by atoms with E-state index in [-0.39, 0.29) is 0 Å². The zero-order chi connectivity index (χ0) is 13.9. The Bertz CT molecular complexity index is 621. The first-order valence-electron chi connectivity index (χ1n) is 6.14. The van der Waals surface area contributed by atoms with E-state index in [4.69, 9.17) is 16.9 Å². The van der Waals surface area contributed by atoms with Crippen LogP contribution < -0.4 is 5.32 Å². The number of nitrogens with one attached hydrogen (secondary N) is 1. The minimum absolute atomic E-state index is 0.361. The average molecular weight is 322 g/mol. The van der Waals surface area contributed by atoms with E-state index in [9.17, 15) is 0 Å². The molecule has 0 bridgehead atoms. The summed E-state index contributed by atoms with van der Waals surface area (Å²) in [7, 11) is 0. The number of rotatable bonds is 2. The van der Waals surface area contributed by atoms with Gasteiger partial charge in [-0.3, -0.25) is 0 Å². The minimum atomic E-state index is 0.361. The molecule has 3 rings (SSSR count). The van der Waals surface area contributed by atoms with Crippen molar-refractivity contribution in [1.82, 2.24) is 10.2 Å². The Kier molecular flexibility index (Phi) is 4.16. The van der Waals surface area contributed by atoms with Crippen molar-refractivity contribution in [2.45, 2.75) is 5.25 Å². The van der Waals surface area contributed by atoms with Crippen LogP contribution in [0.1, 0.15) is 10.8 Å². The minimum Gasteiger partial charge on any atom is -0.345 e. The quantitative estimate of drug-likeness (QED) is 0.837. The van der Waals surface area contributed by atoms with Crippen LogP contribution in [0.4, 0.5) is 0 Å². The highest BCUT2D eigenvalue weighted by Gasteiger charge is 2.29. The van der Waals surface area contributed by atoms with Crippen molar-refractivity contribution in [3.63, 3.8) is 0 Å². The number of hydrogen-bond acceptors (Lipinski definition) is 5. The van der Waals surface area contributed by atoms with E-state index in [0.29, 0.717) is 11.8 Å². The normalized spacial score (nSPS) is 24.8. The third-order valence-electron chi connectivity index (χ3n) is 3.06. The SMILES string of the molecule is N#CCN1C=CNC1=C1SCC(c2ccccc2Cl)S1. The first-order valence-corrected chi connectivity index (χ1v) is 8.39. The molecule has 1 N–H and O–H groups in total. The molecule has 0 saturated carbocycles. The number of benzene rings is 1. The van der Waals surface area contributed by atoms with Crippen molar-refractivity contribution in [2.24, 2.45) is 0 Å². The number of nitrogens with zero attached hydrogens (tertiary/aromatic N) is 2. The van der Waals surface area contributed by atoms with E-state index < -0.39 is 0 Å². The lowest BCUT2D eigenvalue weighted by Gasteiger charge is -2.16. The molecule has 1 atom stereocenters. The van der Waals surface area contributed by atoms with Gasteiger partial charge in [0, 0.05) is 28.4 Å². The van der Waals surface area contributed by atoms with Crippen LogP contribution in [-0.2, 0) is 0 Å². The molecule has 6 heteroatoms. The highest BCUT2D eigenvalue weighted by atomic mass is 35.5. The fourth-order valence-electron chi connectivity index (χ4n) is 2.11. The molecular formula is C14H12ClN3S2. The van der Waals surface area contributed by atoms with Crippen LogP contribution in [-0.4, -0.2) is 17.2 Å². The van der Waals surface area contributed by atoms with Gasteiger partial charge in [0.2, 0.25) is 0 Å². The van der Waals surface area contributed by atoms with Crippen molar-refractivity contribution in [3.05, 3.63) is 57.3 Å². The summed E-state index contributed by atoms with van der Waals surface area (Å²) in [4.78, 5) is 1.93. The summed E-state index contributed by atoms with van der Waals surface area (Å²) in [5.41, 5.74) is 1.18. The van der Waals surface area contributed by atoms with E-state index in [2.05, 4.69) is 17.5 Å². The second kappa shape index (κ2) is 6.04. The smallest absolute Gasteiger partial charge is 0.131 e. The Morgan fingerprint density at radius 3 is 3.10 bits per heavy atom. The molecule has 0 aliphatic carbocycles. The Labute approximate surface area is 131 Å². The Balaban J connectivity index is 1.81. The molecule has 20 heavy (non-hydrogen) atoms. The fraction of sp³-hybridized carbons (Fsp3) is 0.214. The fourth-order valence-corrected chi connectivity index (χ4v) is 5.42. The summed E-state index contributed by atoms with van der Waals surface area (Å²) >= 11 is 9.89. The Morgan fingerprint density at radius 2 is 2.30 bits per heavy atom. The van der Waals surface area contributed by atoms with Gasteiger partial charge in [-0.15, -0.1) is 23.5 Å². The van der Waals surface area contributed by atoms with Gasteiger partial charge in [-0.25, -0.2) is 0 Å². The summed E-state index contributed by atoms with van der Waals surface area (Å²) in [6.45, 7) is 0.361. The molecular weight excluding hydrogens is 310 g/mol. The molecule has 0 spiro atoms. The number of nitriles is 1. The maximum Gasteiger partial charge on any atom is 0.131 e. The van der Waals surface area contributed by atoms with Gasteiger partial charge in [-0.2, -0.15) is 5.26 Å². The second-order valence-corrected chi connectivity index (χ2v) is 7.23. The summed E-state index contributed by atoms with van der Waals surface area (Å²) in [6.07, 6.45) is 3.76. The molecule has 102 valence electrons. The standard InChI is InChI=1S/C14H12ClN3S2/c15-11-4-2-1-3-10(11)12-9-19-14(20-12)13-17-6-8-18(13)7-5-16/h1-4,6,8,12,17H,7,9H2. The van der Waals surface area contributed by atoms with Gasteiger partial charge in [0.25, 0.3) is 0 Å². The molecule has 1 unspecified atom stereocenters. The molecule has 2 aliphatic heterocycles. The van der Waals surface area contributed by atoms with Gasteiger partial charge in [-0.1, -0.05) is 29.8 Å². The van der Waals surface area contributed by atoms with Crippen molar-refractivity contribution in [1.29, 1.82) is 5.26 Å². The predicted octanol–water partition coefficient (Wildman–Crippen LogP) is 3.89. The molecule has 2 heterocycles. The van der Waals surface area contributed by atoms with Crippen molar-refractivity contribution < 1.29 is 0 Å². The highest BCUT2D eigenvalue weighted by molar-refractivity contribution is 8.25. The van der Waals surface area contributed by atoms with Crippen LogP contribution >= 0.6 is 35.1 Å². The molecule has 1 saturated heterocycles. The van der Waals surface area contributed by atoms with E-state index >= 15 is 0 Å². The van der Waals surface area contributed by atoms with Crippen LogP contribution in [0, 0.1) is 11.3 Å². The van der Waals surface area contributed by atoms with E-state index in [0.717, 1.165) is 16.6 Å². The highest BCUT2D eigenvalue weighted by Crippen LogP contribution is 2.52. The van der Waals surface area contributed by atoms with Gasteiger partial charge in [0.05, 0.1) is 10.3 Å². The van der Waals surface area contributed by atoms with Gasteiger partial charge < -0.3 is 10.2 Å². The van der Waals surface area contributed by atoms with Crippen molar-refractivity contribution >= 4 is 35.1 Å². The summed E-state index contributed by atoms with van der Waals surface area (Å²) in [6, 6.07) is 10.2. The largest absolute Gasteiger partial charge is 0.345 e. The number of thioether (sulfide) groups is 2. The van der Waals surface area contributed by atoms with Gasteiger partial charge in [-0.05, 0) is 11.6 Å². The lowest BCUT2D eigenvalue weighted by atomic mass is 10.2. The van der Waals surface area contributed by atoms with Gasteiger partial charge in [0.15, 0.2) is 0 Å². The van der Waals surface area contributed by atoms with Gasteiger partial charge in [0.1, 0.15) is 12.4 Å². The Hall–Kier alpha value is -1.22. The molecule has 0 aromatic heterocycles. The van der Waals surface area contributed by atoms with E-state index in [1.54, 1.807) is 0 Å². The van der Waals surface area contributed by atoms with Crippen LogP contribution in [0.15, 0.2) is 46.7 Å². The monoisotopic (exact) mass is 321 g/mol. The van der Waals surface area contributed by atoms with Crippen LogP contribution in [0.5, 0.6) is 0 Å². The lowest BCUT2D eigenvalue weighted by molar-refractivity contribution is 0.525. The first-order chi connectivity index (χ1) is 9.79. The molecule has 1 aromatic carbocycles. The first kappa shape index (κ1) is 13.7. The molecule has 2 aliphatic rings. The summed E-state index contributed by atoms with van der Waals surface area (Å²) in [5, 5.41) is 13.3. The Morgan fingerprint density at radius 1 is 1.45 bits per heavy atom. The van der Waals surface area contributed by atoms with Crippen molar-refractivity contribution in [2.75, 3.05) is 12.3 Å².